The molecule has 0 aliphatic carbocycles. The zero-order valence-electron chi connectivity index (χ0n) is 11.1. The van der Waals surface area contributed by atoms with E-state index < -0.39 is 0 Å². The second kappa shape index (κ2) is 5.17. The molecule has 0 saturated heterocycles. The Balaban J connectivity index is 2.15. The maximum absolute atomic E-state index is 5.34. The lowest BCUT2D eigenvalue weighted by Gasteiger charge is -2.10. The fourth-order valence-electron chi connectivity index (χ4n) is 2.17. The molecule has 0 aliphatic heterocycles. The first-order valence-corrected chi connectivity index (χ1v) is 6.87. The second-order valence-electron chi connectivity index (χ2n) is 4.29. The summed E-state index contributed by atoms with van der Waals surface area (Å²) in [6, 6.07) is 11.8. The Morgan fingerprint density at radius 2 is 1.80 bits per heavy atom. The Hall–Kier alpha value is -2.01. The highest BCUT2D eigenvalue weighted by Gasteiger charge is 2.09. The van der Waals surface area contributed by atoms with Crippen molar-refractivity contribution in [2.24, 2.45) is 0 Å². The average Bonchev–Trinajstić information content (AvgIpc) is 2.89. The molecule has 0 fully saturated rings. The SMILES string of the molecule is COc1ccc(-n2cnc3cc(Br)ccc32)cc1OC. The van der Waals surface area contributed by atoms with Crippen molar-refractivity contribution in [3.8, 4) is 17.2 Å². The monoisotopic (exact) mass is 332 g/mol. The van der Waals surface area contributed by atoms with Crippen molar-refractivity contribution in [2.45, 2.75) is 0 Å². The van der Waals surface area contributed by atoms with Crippen LogP contribution in [0.2, 0.25) is 0 Å². The quantitative estimate of drug-likeness (QED) is 0.731. The van der Waals surface area contributed by atoms with Crippen LogP contribution >= 0.6 is 15.9 Å². The van der Waals surface area contributed by atoms with E-state index in [0.29, 0.717) is 11.5 Å². The molecule has 5 heteroatoms. The Labute approximate surface area is 125 Å². The minimum atomic E-state index is 0.698. The number of halogens is 1. The molecule has 0 unspecified atom stereocenters. The average molecular weight is 333 g/mol. The van der Waals surface area contributed by atoms with Gasteiger partial charge in [0.1, 0.15) is 6.33 Å². The van der Waals surface area contributed by atoms with E-state index in [4.69, 9.17) is 9.47 Å². The third-order valence-corrected chi connectivity index (χ3v) is 3.65. The van der Waals surface area contributed by atoms with Crippen molar-refractivity contribution in [2.75, 3.05) is 14.2 Å². The van der Waals surface area contributed by atoms with Gasteiger partial charge in [0.2, 0.25) is 0 Å². The van der Waals surface area contributed by atoms with Gasteiger partial charge >= 0.3 is 0 Å². The summed E-state index contributed by atoms with van der Waals surface area (Å²) in [6.07, 6.45) is 1.80. The molecule has 0 bridgehead atoms. The molecule has 2 aromatic carbocycles. The molecule has 0 N–H and O–H groups in total. The van der Waals surface area contributed by atoms with Crippen molar-refractivity contribution >= 4 is 27.0 Å². The summed E-state index contributed by atoms with van der Waals surface area (Å²) in [5.74, 6) is 1.41. The normalized spacial score (nSPS) is 10.8. The van der Waals surface area contributed by atoms with Crippen LogP contribution in [-0.4, -0.2) is 23.8 Å². The van der Waals surface area contributed by atoms with Crippen LogP contribution in [0.5, 0.6) is 11.5 Å². The summed E-state index contributed by atoms with van der Waals surface area (Å²) in [7, 11) is 3.26. The highest BCUT2D eigenvalue weighted by Crippen LogP contribution is 2.30. The largest absolute Gasteiger partial charge is 0.493 e. The molecule has 0 atom stereocenters. The fourth-order valence-corrected chi connectivity index (χ4v) is 2.52. The number of ether oxygens (including phenoxy) is 2. The lowest BCUT2D eigenvalue weighted by atomic mass is 10.2. The van der Waals surface area contributed by atoms with Gasteiger partial charge in [-0.05, 0) is 30.3 Å². The van der Waals surface area contributed by atoms with Gasteiger partial charge < -0.3 is 9.47 Å². The third-order valence-electron chi connectivity index (χ3n) is 3.15. The van der Waals surface area contributed by atoms with Crippen LogP contribution in [0.15, 0.2) is 47.2 Å². The number of methoxy groups -OCH3 is 2. The molecular weight excluding hydrogens is 320 g/mol. The maximum Gasteiger partial charge on any atom is 0.162 e. The Morgan fingerprint density at radius 1 is 1.00 bits per heavy atom. The van der Waals surface area contributed by atoms with E-state index in [9.17, 15) is 0 Å². The van der Waals surface area contributed by atoms with Gasteiger partial charge in [-0.3, -0.25) is 4.57 Å². The van der Waals surface area contributed by atoms with Crippen molar-refractivity contribution in [3.63, 3.8) is 0 Å². The molecule has 1 aromatic heterocycles. The lowest BCUT2D eigenvalue weighted by molar-refractivity contribution is 0.355. The van der Waals surface area contributed by atoms with Gasteiger partial charge in [-0.1, -0.05) is 15.9 Å². The van der Waals surface area contributed by atoms with Crippen LogP contribution in [0.4, 0.5) is 0 Å². The minimum Gasteiger partial charge on any atom is -0.493 e. The number of nitrogens with zero attached hydrogens (tertiary/aromatic N) is 2. The summed E-state index contributed by atoms with van der Waals surface area (Å²) < 4.78 is 13.6. The molecule has 0 aliphatic rings. The number of fused-ring (bicyclic) bond motifs is 1. The van der Waals surface area contributed by atoms with E-state index in [1.165, 1.54) is 0 Å². The predicted octanol–water partition coefficient (Wildman–Crippen LogP) is 3.81. The zero-order chi connectivity index (χ0) is 14.1. The zero-order valence-corrected chi connectivity index (χ0v) is 12.7. The van der Waals surface area contributed by atoms with Crippen LogP contribution in [-0.2, 0) is 0 Å². The van der Waals surface area contributed by atoms with Gasteiger partial charge in [0.15, 0.2) is 11.5 Å². The molecule has 0 saturated carbocycles. The molecule has 3 aromatic rings. The molecule has 1 heterocycles. The van der Waals surface area contributed by atoms with E-state index in [1.807, 2.05) is 41.0 Å². The van der Waals surface area contributed by atoms with Gasteiger partial charge in [-0.2, -0.15) is 0 Å². The van der Waals surface area contributed by atoms with E-state index >= 15 is 0 Å². The Kier molecular flexibility index (Phi) is 3.36. The molecule has 0 radical (unpaired) electrons. The van der Waals surface area contributed by atoms with Crippen molar-refractivity contribution in [3.05, 3.63) is 47.2 Å². The Bertz CT molecular complexity index is 768. The van der Waals surface area contributed by atoms with Crippen LogP contribution in [0.25, 0.3) is 16.7 Å². The standard InChI is InChI=1S/C15H13BrN2O2/c1-19-14-6-4-11(8-15(14)20-2)18-9-17-12-7-10(16)3-5-13(12)18/h3-9H,1-2H3. The number of imidazole rings is 1. The van der Waals surface area contributed by atoms with Crippen LogP contribution in [0.1, 0.15) is 0 Å². The molecule has 4 nitrogen and oxygen atoms in total. The van der Waals surface area contributed by atoms with Crippen molar-refractivity contribution in [1.82, 2.24) is 9.55 Å². The number of aromatic nitrogens is 2. The van der Waals surface area contributed by atoms with Crippen LogP contribution in [0.3, 0.4) is 0 Å². The molecule has 0 amide bonds. The summed E-state index contributed by atoms with van der Waals surface area (Å²) in [6.45, 7) is 0. The molecular formula is C15H13BrN2O2. The summed E-state index contributed by atoms with van der Waals surface area (Å²) in [5, 5.41) is 0. The topological polar surface area (TPSA) is 36.3 Å². The minimum absolute atomic E-state index is 0.698. The van der Waals surface area contributed by atoms with Gasteiger partial charge in [0.25, 0.3) is 0 Å². The third kappa shape index (κ3) is 2.14. The summed E-state index contributed by atoms with van der Waals surface area (Å²) in [4.78, 5) is 4.41. The molecule has 102 valence electrons. The van der Waals surface area contributed by atoms with E-state index in [-0.39, 0.29) is 0 Å². The first kappa shape index (κ1) is 13.0. The van der Waals surface area contributed by atoms with Crippen molar-refractivity contribution in [1.29, 1.82) is 0 Å². The van der Waals surface area contributed by atoms with Crippen LogP contribution < -0.4 is 9.47 Å². The number of hydrogen-bond acceptors (Lipinski definition) is 3. The van der Waals surface area contributed by atoms with Gasteiger partial charge in [0, 0.05) is 10.5 Å². The Morgan fingerprint density at radius 3 is 2.55 bits per heavy atom. The molecule has 0 spiro atoms. The van der Waals surface area contributed by atoms with E-state index in [1.54, 1.807) is 20.5 Å². The van der Waals surface area contributed by atoms with Gasteiger partial charge in [0.05, 0.1) is 30.9 Å². The first-order valence-electron chi connectivity index (χ1n) is 6.08. The van der Waals surface area contributed by atoms with Crippen molar-refractivity contribution < 1.29 is 9.47 Å². The van der Waals surface area contributed by atoms with E-state index in [0.717, 1.165) is 21.2 Å². The fraction of sp³-hybridized carbons (Fsp3) is 0.133. The highest BCUT2D eigenvalue weighted by atomic mass is 79.9. The number of hydrogen-bond donors (Lipinski definition) is 0. The first-order chi connectivity index (χ1) is 9.72. The molecule has 3 rings (SSSR count). The van der Waals surface area contributed by atoms with Gasteiger partial charge in [-0.25, -0.2) is 4.98 Å². The van der Waals surface area contributed by atoms with E-state index in [2.05, 4.69) is 20.9 Å². The maximum atomic E-state index is 5.34. The summed E-state index contributed by atoms with van der Waals surface area (Å²) >= 11 is 3.45. The number of benzene rings is 2. The highest BCUT2D eigenvalue weighted by molar-refractivity contribution is 9.10. The summed E-state index contributed by atoms with van der Waals surface area (Å²) in [5.41, 5.74) is 2.96. The van der Waals surface area contributed by atoms with Gasteiger partial charge in [-0.15, -0.1) is 0 Å². The second-order valence-corrected chi connectivity index (χ2v) is 5.20. The number of rotatable bonds is 3. The van der Waals surface area contributed by atoms with Crippen LogP contribution in [0, 0.1) is 0 Å². The lowest BCUT2D eigenvalue weighted by Crippen LogP contribution is -1.95. The smallest absolute Gasteiger partial charge is 0.162 e. The predicted molar refractivity (Wildman–Crippen MR) is 81.9 cm³/mol. The molecule has 20 heavy (non-hydrogen) atoms.